The number of benzene rings is 2. The van der Waals surface area contributed by atoms with Crippen LogP contribution in [0.1, 0.15) is 24.5 Å². The van der Waals surface area contributed by atoms with Crippen LogP contribution in [0.5, 0.6) is 0 Å². The maximum Gasteiger partial charge on any atom is 0.222 e. The molecule has 0 radical (unpaired) electrons. The molecule has 1 amide bonds. The molecule has 0 atom stereocenters. The lowest BCUT2D eigenvalue weighted by molar-refractivity contribution is -0.130. The van der Waals surface area contributed by atoms with E-state index in [1.165, 1.54) is 5.56 Å². The van der Waals surface area contributed by atoms with E-state index in [0.717, 1.165) is 30.8 Å². The molecule has 0 aliphatic rings. The van der Waals surface area contributed by atoms with Gasteiger partial charge in [-0.2, -0.15) is 0 Å². The van der Waals surface area contributed by atoms with Crippen molar-refractivity contribution in [3.8, 4) is 0 Å². The van der Waals surface area contributed by atoms with Gasteiger partial charge in [-0.3, -0.25) is 4.79 Å². The number of amides is 1. The molecule has 0 unspecified atom stereocenters. The van der Waals surface area contributed by atoms with Crippen LogP contribution in [0.3, 0.4) is 0 Å². The molecule has 0 aliphatic carbocycles. The van der Waals surface area contributed by atoms with Gasteiger partial charge in [0.1, 0.15) is 0 Å². The molecular formula is C19H24N2O. The van der Waals surface area contributed by atoms with E-state index in [1.54, 1.807) is 0 Å². The zero-order valence-electron chi connectivity index (χ0n) is 13.2. The summed E-state index contributed by atoms with van der Waals surface area (Å²) in [7, 11) is 0. The highest BCUT2D eigenvalue weighted by molar-refractivity contribution is 5.76. The molecule has 116 valence electrons. The van der Waals surface area contributed by atoms with E-state index in [1.807, 2.05) is 54.3 Å². The van der Waals surface area contributed by atoms with Gasteiger partial charge >= 0.3 is 0 Å². The number of hydrogen-bond donors (Lipinski definition) is 1. The number of nitrogen functional groups attached to an aromatic ring is 1. The number of carbonyl (C=O) groups is 1. The molecule has 0 aliphatic heterocycles. The minimum absolute atomic E-state index is 0.196. The van der Waals surface area contributed by atoms with Gasteiger partial charge < -0.3 is 10.6 Å². The Morgan fingerprint density at radius 3 is 2.36 bits per heavy atom. The maximum absolute atomic E-state index is 12.4. The van der Waals surface area contributed by atoms with Crippen molar-refractivity contribution in [2.24, 2.45) is 0 Å². The first-order chi connectivity index (χ1) is 10.7. The number of likely N-dealkylation sites (N-methyl/N-ethyl adjacent to an activating group) is 1. The molecule has 0 heterocycles. The Kier molecular flexibility index (Phi) is 6.01. The van der Waals surface area contributed by atoms with Crippen LogP contribution >= 0.6 is 0 Å². The van der Waals surface area contributed by atoms with Crippen molar-refractivity contribution in [1.82, 2.24) is 4.90 Å². The number of para-hydroxylation sites is 1. The summed E-state index contributed by atoms with van der Waals surface area (Å²) < 4.78 is 0. The Labute approximate surface area is 132 Å². The highest BCUT2D eigenvalue weighted by Crippen LogP contribution is 2.13. The average Bonchev–Trinajstić information content (AvgIpc) is 2.55. The van der Waals surface area contributed by atoms with E-state index in [2.05, 4.69) is 12.1 Å². The molecule has 0 aromatic heterocycles. The van der Waals surface area contributed by atoms with Gasteiger partial charge in [0, 0.05) is 25.2 Å². The summed E-state index contributed by atoms with van der Waals surface area (Å²) in [5.74, 6) is 0.196. The van der Waals surface area contributed by atoms with E-state index >= 15 is 0 Å². The summed E-state index contributed by atoms with van der Waals surface area (Å²) in [5, 5.41) is 0. The zero-order chi connectivity index (χ0) is 15.8. The summed E-state index contributed by atoms with van der Waals surface area (Å²) in [6.07, 6.45) is 2.11. The summed E-state index contributed by atoms with van der Waals surface area (Å²) in [6.45, 7) is 3.54. The van der Waals surface area contributed by atoms with Crippen LogP contribution in [0.4, 0.5) is 5.69 Å². The molecule has 2 aromatic carbocycles. The minimum atomic E-state index is 0.196. The Morgan fingerprint density at radius 2 is 1.68 bits per heavy atom. The molecule has 3 heteroatoms. The molecule has 0 fully saturated rings. The molecule has 2 aromatic rings. The van der Waals surface area contributed by atoms with Crippen molar-refractivity contribution in [2.75, 3.05) is 18.8 Å². The second-order valence-electron chi connectivity index (χ2n) is 5.41. The Morgan fingerprint density at radius 1 is 1.00 bits per heavy atom. The summed E-state index contributed by atoms with van der Waals surface area (Å²) in [6, 6.07) is 18.0. The van der Waals surface area contributed by atoms with Crippen molar-refractivity contribution in [2.45, 2.75) is 26.2 Å². The van der Waals surface area contributed by atoms with Gasteiger partial charge in [0.15, 0.2) is 0 Å². The second-order valence-corrected chi connectivity index (χ2v) is 5.41. The van der Waals surface area contributed by atoms with Gasteiger partial charge in [0.2, 0.25) is 5.91 Å². The Balaban J connectivity index is 1.85. The molecule has 3 nitrogen and oxygen atoms in total. The number of nitrogens with two attached hydrogens (primary N) is 1. The highest BCUT2D eigenvalue weighted by Gasteiger charge is 2.12. The van der Waals surface area contributed by atoms with Crippen LogP contribution in [0.15, 0.2) is 54.6 Å². The fraction of sp³-hybridized carbons (Fsp3) is 0.316. The van der Waals surface area contributed by atoms with Crippen LogP contribution in [0.25, 0.3) is 0 Å². The smallest absolute Gasteiger partial charge is 0.222 e. The number of anilines is 1. The standard InChI is InChI=1S/C19H24N2O/c1-2-21(15-14-16-8-4-3-5-9-16)19(22)13-12-17-10-6-7-11-18(17)20/h3-11H,2,12-15,20H2,1H3. The molecule has 0 spiro atoms. The van der Waals surface area contributed by atoms with Crippen molar-refractivity contribution in [3.63, 3.8) is 0 Å². The largest absolute Gasteiger partial charge is 0.399 e. The number of rotatable bonds is 7. The lowest BCUT2D eigenvalue weighted by Gasteiger charge is -2.21. The number of nitrogens with zero attached hydrogens (tertiary/aromatic N) is 1. The van der Waals surface area contributed by atoms with Crippen molar-refractivity contribution < 1.29 is 4.79 Å². The van der Waals surface area contributed by atoms with Gasteiger partial charge in [-0.1, -0.05) is 48.5 Å². The van der Waals surface area contributed by atoms with Crippen molar-refractivity contribution in [3.05, 3.63) is 65.7 Å². The monoisotopic (exact) mass is 296 g/mol. The van der Waals surface area contributed by atoms with E-state index in [9.17, 15) is 4.79 Å². The average molecular weight is 296 g/mol. The lowest BCUT2D eigenvalue weighted by atomic mass is 10.1. The van der Waals surface area contributed by atoms with E-state index in [4.69, 9.17) is 5.73 Å². The lowest BCUT2D eigenvalue weighted by Crippen LogP contribution is -2.32. The summed E-state index contributed by atoms with van der Waals surface area (Å²) >= 11 is 0. The van der Waals surface area contributed by atoms with Gasteiger partial charge in [0.05, 0.1) is 0 Å². The fourth-order valence-corrected chi connectivity index (χ4v) is 2.53. The zero-order valence-corrected chi connectivity index (χ0v) is 13.2. The Bertz CT molecular complexity index is 595. The van der Waals surface area contributed by atoms with Crippen LogP contribution in [-0.2, 0) is 17.6 Å². The first-order valence-electron chi connectivity index (χ1n) is 7.85. The highest BCUT2D eigenvalue weighted by atomic mass is 16.2. The summed E-state index contributed by atoms with van der Waals surface area (Å²) in [4.78, 5) is 14.3. The van der Waals surface area contributed by atoms with Crippen molar-refractivity contribution in [1.29, 1.82) is 0 Å². The molecule has 2 rings (SSSR count). The number of carbonyl (C=O) groups excluding carboxylic acids is 1. The third-order valence-electron chi connectivity index (χ3n) is 3.91. The Hall–Kier alpha value is -2.29. The summed E-state index contributed by atoms with van der Waals surface area (Å²) in [5.41, 5.74) is 9.01. The second kappa shape index (κ2) is 8.23. The van der Waals surface area contributed by atoms with Gasteiger partial charge in [0.25, 0.3) is 0 Å². The molecule has 2 N–H and O–H groups in total. The van der Waals surface area contributed by atoms with Crippen LogP contribution < -0.4 is 5.73 Å². The first-order valence-corrected chi connectivity index (χ1v) is 7.85. The topological polar surface area (TPSA) is 46.3 Å². The molecular weight excluding hydrogens is 272 g/mol. The van der Waals surface area contributed by atoms with Crippen molar-refractivity contribution >= 4 is 11.6 Å². The van der Waals surface area contributed by atoms with E-state index in [0.29, 0.717) is 12.8 Å². The predicted octanol–water partition coefficient (Wildman–Crippen LogP) is 3.29. The van der Waals surface area contributed by atoms with Crippen LogP contribution in [0, 0.1) is 0 Å². The number of aryl methyl sites for hydroxylation is 1. The van der Waals surface area contributed by atoms with E-state index < -0.39 is 0 Å². The van der Waals surface area contributed by atoms with Gasteiger partial charge in [-0.15, -0.1) is 0 Å². The van der Waals surface area contributed by atoms with Gasteiger partial charge in [-0.25, -0.2) is 0 Å². The first kappa shape index (κ1) is 16.1. The minimum Gasteiger partial charge on any atom is -0.399 e. The number of hydrogen-bond acceptors (Lipinski definition) is 2. The molecule has 0 saturated carbocycles. The van der Waals surface area contributed by atoms with Crippen LogP contribution in [0.2, 0.25) is 0 Å². The quantitative estimate of drug-likeness (QED) is 0.797. The molecule has 0 bridgehead atoms. The van der Waals surface area contributed by atoms with Crippen LogP contribution in [-0.4, -0.2) is 23.9 Å². The SMILES string of the molecule is CCN(CCc1ccccc1)C(=O)CCc1ccccc1N. The predicted molar refractivity (Wildman–Crippen MR) is 91.6 cm³/mol. The molecule has 0 saturated heterocycles. The normalized spacial score (nSPS) is 10.4. The third kappa shape index (κ3) is 4.62. The van der Waals surface area contributed by atoms with E-state index in [-0.39, 0.29) is 5.91 Å². The third-order valence-corrected chi connectivity index (χ3v) is 3.91. The maximum atomic E-state index is 12.4. The molecule has 22 heavy (non-hydrogen) atoms. The fourth-order valence-electron chi connectivity index (χ4n) is 2.53. The van der Waals surface area contributed by atoms with Gasteiger partial charge in [-0.05, 0) is 37.0 Å².